The fourth-order valence-electron chi connectivity index (χ4n) is 3.01. The van der Waals surface area contributed by atoms with Crippen molar-refractivity contribution >= 4 is 23.9 Å². The van der Waals surface area contributed by atoms with E-state index in [0.29, 0.717) is 40.3 Å². The van der Waals surface area contributed by atoms with Gasteiger partial charge in [-0.25, -0.2) is 5.43 Å². The number of aromatic nitrogens is 3. The van der Waals surface area contributed by atoms with Crippen LogP contribution >= 0.6 is 11.8 Å². The highest BCUT2D eigenvalue weighted by Crippen LogP contribution is 2.33. The van der Waals surface area contributed by atoms with Gasteiger partial charge >= 0.3 is 0 Å². The zero-order chi connectivity index (χ0) is 23.8. The third kappa shape index (κ3) is 5.55. The highest BCUT2D eigenvalue weighted by molar-refractivity contribution is 7.99. The van der Waals surface area contributed by atoms with Crippen LogP contribution in [0.4, 0.5) is 0 Å². The van der Waals surface area contributed by atoms with Crippen LogP contribution in [-0.2, 0) is 11.3 Å². The number of hydrazone groups is 1. The zero-order valence-corrected chi connectivity index (χ0v) is 19.5. The number of methoxy groups -OCH3 is 3. The standard InChI is InChI=1S/C22H25N5O5S/c1-5-27-21(14-9-10-16(30-2)18(11-14)32-4)25-26-22(27)33-13-19(28)24-23-12-15-7-6-8-17(31-3)20(15)29/h6-12,29H,5,13H2,1-4H3,(H,24,28)/b23-12+. The number of phenolic OH excluding ortho intramolecular Hbond substituents is 1. The predicted octanol–water partition coefficient (Wildman–Crippen LogP) is 2.94. The molecule has 174 valence electrons. The van der Waals surface area contributed by atoms with Crippen molar-refractivity contribution in [2.45, 2.75) is 18.6 Å². The molecule has 0 unspecified atom stereocenters. The monoisotopic (exact) mass is 471 g/mol. The van der Waals surface area contributed by atoms with Gasteiger partial charge in [-0.05, 0) is 37.3 Å². The number of ether oxygens (including phenoxy) is 3. The molecule has 1 amide bonds. The summed E-state index contributed by atoms with van der Waals surface area (Å²) >= 11 is 1.25. The molecule has 11 heteroatoms. The highest BCUT2D eigenvalue weighted by atomic mass is 32.2. The van der Waals surface area contributed by atoms with Gasteiger partial charge in [0, 0.05) is 17.7 Å². The first-order valence-corrected chi connectivity index (χ1v) is 11.0. The molecule has 0 aliphatic heterocycles. The summed E-state index contributed by atoms with van der Waals surface area (Å²) < 4.78 is 17.6. The predicted molar refractivity (Wildman–Crippen MR) is 125 cm³/mol. The molecule has 2 N–H and O–H groups in total. The third-order valence-corrected chi connectivity index (χ3v) is 5.62. The molecule has 1 heterocycles. The Morgan fingerprint density at radius 2 is 1.88 bits per heavy atom. The third-order valence-electron chi connectivity index (χ3n) is 4.65. The zero-order valence-electron chi connectivity index (χ0n) is 18.7. The van der Waals surface area contributed by atoms with E-state index in [0.717, 1.165) is 5.56 Å². The van der Waals surface area contributed by atoms with Crippen molar-refractivity contribution in [2.75, 3.05) is 27.1 Å². The summed E-state index contributed by atoms with van der Waals surface area (Å²) in [5.74, 6) is 1.92. The van der Waals surface area contributed by atoms with Crippen LogP contribution in [0.5, 0.6) is 23.0 Å². The summed E-state index contributed by atoms with van der Waals surface area (Å²) in [5.41, 5.74) is 3.68. The average molecular weight is 472 g/mol. The molecule has 0 fully saturated rings. The number of nitrogens with zero attached hydrogens (tertiary/aromatic N) is 4. The van der Waals surface area contributed by atoms with Crippen molar-refractivity contribution in [3.05, 3.63) is 42.0 Å². The van der Waals surface area contributed by atoms with Crippen LogP contribution in [0.3, 0.4) is 0 Å². The van der Waals surface area contributed by atoms with Gasteiger partial charge in [0.15, 0.2) is 34.0 Å². The van der Waals surface area contributed by atoms with Crippen molar-refractivity contribution in [1.82, 2.24) is 20.2 Å². The molecular weight excluding hydrogens is 446 g/mol. The van der Waals surface area contributed by atoms with Crippen LogP contribution in [0, 0.1) is 0 Å². The second-order valence-corrected chi connectivity index (χ2v) is 7.54. The first-order chi connectivity index (χ1) is 16.0. The van der Waals surface area contributed by atoms with Gasteiger partial charge in [-0.15, -0.1) is 10.2 Å². The van der Waals surface area contributed by atoms with Crippen LogP contribution in [0.25, 0.3) is 11.4 Å². The van der Waals surface area contributed by atoms with Crippen LogP contribution in [0.2, 0.25) is 0 Å². The lowest BCUT2D eigenvalue weighted by Crippen LogP contribution is -2.20. The number of aromatic hydroxyl groups is 1. The molecule has 0 atom stereocenters. The lowest BCUT2D eigenvalue weighted by Gasteiger charge is -2.10. The quantitative estimate of drug-likeness (QED) is 0.263. The lowest BCUT2D eigenvalue weighted by molar-refractivity contribution is -0.118. The molecule has 0 saturated carbocycles. The van der Waals surface area contributed by atoms with Crippen molar-refractivity contribution < 1.29 is 24.1 Å². The smallest absolute Gasteiger partial charge is 0.250 e. The Labute approximate surface area is 195 Å². The summed E-state index contributed by atoms with van der Waals surface area (Å²) in [6.45, 7) is 2.59. The van der Waals surface area contributed by atoms with E-state index in [1.165, 1.54) is 25.1 Å². The van der Waals surface area contributed by atoms with Gasteiger partial charge in [-0.1, -0.05) is 17.8 Å². The molecule has 10 nitrogen and oxygen atoms in total. The molecule has 0 aliphatic rings. The molecule has 0 aliphatic carbocycles. The topological polar surface area (TPSA) is 120 Å². The van der Waals surface area contributed by atoms with E-state index in [1.807, 2.05) is 23.6 Å². The summed E-state index contributed by atoms with van der Waals surface area (Å²) in [6, 6.07) is 10.5. The molecule has 0 radical (unpaired) electrons. The van der Waals surface area contributed by atoms with Gasteiger partial charge < -0.3 is 23.9 Å². The first-order valence-electron chi connectivity index (χ1n) is 9.98. The number of amides is 1. The lowest BCUT2D eigenvalue weighted by atomic mass is 10.2. The number of para-hydroxylation sites is 1. The molecule has 0 saturated heterocycles. The van der Waals surface area contributed by atoms with E-state index in [1.54, 1.807) is 38.5 Å². The summed E-state index contributed by atoms with van der Waals surface area (Å²) in [7, 11) is 4.61. The molecule has 3 aromatic rings. The van der Waals surface area contributed by atoms with Gasteiger partial charge in [0.05, 0.1) is 33.3 Å². The highest BCUT2D eigenvalue weighted by Gasteiger charge is 2.16. The van der Waals surface area contributed by atoms with Gasteiger partial charge in [-0.3, -0.25) is 4.79 Å². The van der Waals surface area contributed by atoms with Crippen LogP contribution in [0.15, 0.2) is 46.7 Å². The number of nitrogens with one attached hydrogen (secondary N) is 1. The Hall–Kier alpha value is -3.73. The Bertz CT molecular complexity index is 1150. The SMILES string of the molecule is CCn1c(SCC(=O)N/N=C/c2cccc(OC)c2O)nnc1-c1ccc(OC)c(OC)c1. The van der Waals surface area contributed by atoms with Crippen molar-refractivity contribution in [3.63, 3.8) is 0 Å². The molecule has 33 heavy (non-hydrogen) atoms. The number of rotatable bonds is 10. The number of benzene rings is 2. The van der Waals surface area contributed by atoms with E-state index in [4.69, 9.17) is 14.2 Å². The van der Waals surface area contributed by atoms with Gasteiger partial charge in [0.25, 0.3) is 5.91 Å². The number of hydrogen-bond donors (Lipinski definition) is 2. The maximum atomic E-state index is 12.2. The normalized spacial score (nSPS) is 10.9. The fraction of sp³-hybridized carbons (Fsp3) is 0.273. The van der Waals surface area contributed by atoms with E-state index in [9.17, 15) is 9.90 Å². The Kier molecular flexibility index (Phi) is 8.14. The second-order valence-electron chi connectivity index (χ2n) is 6.60. The number of thioether (sulfide) groups is 1. The van der Waals surface area contributed by atoms with Gasteiger partial charge in [-0.2, -0.15) is 5.10 Å². The minimum Gasteiger partial charge on any atom is -0.504 e. The minimum atomic E-state index is -0.322. The Morgan fingerprint density at radius 3 is 2.58 bits per heavy atom. The number of hydrogen-bond acceptors (Lipinski definition) is 9. The molecular formula is C22H25N5O5S. The number of carbonyl (C=O) groups is 1. The van der Waals surface area contributed by atoms with Crippen molar-refractivity contribution in [2.24, 2.45) is 5.10 Å². The maximum absolute atomic E-state index is 12.2. The van der Waals surface area contributed by atoms with Crippen molar-refractivity contribution in [3.8, 4) is 34.4 Å². The van der Waals surface area contributed by atoms with E-state index in [2.05, 4.69) is 20.7 Å². The van der Waals surface area contributed by atoms with Crippen LogP contribution in [-0.4, -0.2) is 59.1 Å². The van der Waals surface area contributed by atoms with Crippen LogP contribution < -0.4 is 19.6 Å². The minimum absolute atomic E-state index is 0.0499. The van der Waals surface area contributed by atoms with Gasteiger partial charge in [0.2, 0.25) is 0 Å². The number of phenols is 1. The number of carbonyl (C=O) groups excluding carboxylic acids is 1. The van der Waals surface area contributed by atoms with Gasteiger partial charge in [0.1, 0.15) is 0 Å². The summed E-state index contributed by atoms with van der Waals surface area (Å²) in [4.78, 5) is 12.2. The largest absolute Gasteiger partial charge is 0.504 e. The first kappa shape index (κ1) is 23.9. The molecule has 2 aromatic carbocycles. The summed E-state index contributed by atoms with van der Waals surface area (Å²) in [6.07, 6.45) is 1.35. The van der Waals surface area contributed by atoms with E-state index < -0.39 is 0 Å². The van der Waals surface area contributed by atoms with E-state index in [-0.39, 0.29) is 17.4 Å². The fourth-order valence-corrected chi connectivity index (χ4v) is 3.81. The summed E-state index contributed by atoms with van der Waals surface area (Å²) in [5, 5.41) is 23.1. The average Bonchev–Trinajstić information content (AvgIpc) is 3.26. The van der Waals surface area contributed by atoms with Crippen LogP contribution in [0.1, 0.15) is 12.5 Å². The molecule has 3 rings (SSSR count). The molecule has 0 bridgehead atoms. The second kappa shape index (κ2) is 11.2. The Balaban J connectivity index is 1.65. The van der Waals surface area contributed by atoms with Crippen molar-refractivity contribution in [1.29, 1.82) is 0 Å². The molecule has 1 aromatic heterocycles. The Morgan fingerprint density at radius 1 is 1.12 bits per heavy atom. The molecule has 0 spiro atoms. The van der Waals surface area contributed by atoms with E-state index >= 15 is 0 Å². The maximum Gasteiger partial charge on any atom is 0.250 e.